The van der Waals surface area contributed by atoms with Crippen LogP contribution in [0.2, 0.25) is 10.0 Å². The summed E-state index contributed by atoms with van der Waals surface area (Å²) in [5.41, 5.74) is 3.16. The number of amides is 1. The molecule has 1 saturated heterocycles. The summed E-state index contributed by atoms with van der Waals surface area (Å²) in [7, 11) is 1.86. The molecule has 4 rings (SSSR count). The molecule has 1 fully saturated rings. The van der Waals surface area contributed by atoms with Gasteiger partial charge in [-0.2, -0.15) is 5.10 Å². The minimum Gasteiger partial charge on any atom is -0.308 e. The van der Waals surface area contributed by atoms with E-state index in [1.54, 1.807) is 16.9 Å². The van der Waals surface area contributed by atoms with E-state index in [-0.39, 0.29) is 11.9 Å². The van der Waals surface area contributed by atoms with Crippen molar-refractivity contribution in [2.45, 2.75) is 25.4 Å². The maximum absolute atomic E-state index is 12.9. The Balaban J connectivity index is 1.54. The fourth-order valence-corrected chi connectivity index (χ4v) is 4.33. The summed E-state index contributed by atoms with van der Waals surface area (Å²) in [6, 6.07) is 3.67. The third-order valence-corrected chi connectivity index (χ3v) is 5.45. The van der Waals surface area contributed by atoms with Gasteiger partial charge < -0.3 is 4.90 Å². The van der Waals surface area contributed by atoms with Gasteiger partial charge in [-0.1, -0.05) is 23.2 Å². The van der Waals surface area contributed by atoms with Gasteiger partial charge in [0.25, 0.3) is 0 Å². The zero-order valence-electron chi connectivity index (χ0n) is 13.4. The average molecular weight is 365 g/mol. The smallest absolute Gasteiger partial charge is 0.244 e. The number of halogens is 2. The number of nitrogens with zero attached hydrogens (tertiary/aromatic N) is 4. The molecule has 2 aliphatic heterocycles. The molecule has 5 nitrogen and oxygen atoms in total. The molecule has 1 atom stereocenters. The van der Waals surface area contributed by atoms with Gasteiger partial charge in [0.15, 0.2) is 0 Å². The van der Waals surface area contributed by atoms with Crippen molar-refractivity contribution in [3.05, 3.63) is 45.7 Å². The maximum Gasteiger partial charge on any atom is 0.244 e. The summed E-state index contributed by atoms with van der Waals surface area (Å²) in [4.78, 5) is 16.9. The Labute approximate surface area is 150 Å². The highest BCUT2D eigenvalue weighted by Gasteiger charge is 2.38. The molecule has 7 heteroatoms. The molecule has 0 N–H and O–H groups in total. The first-order chi connectivity index (χ1) is 11.5. The van der Waals surface area contributed by atoms with Crippen LogP contribution in [-0.2, 0) is 24.8 Å². The van der Waals surface area contributed by atoms with Crippen LogP contribution < -0.4 is 4.90 Å². The highest BCUT2D eigenvalue weighted by atomic mass is 35.5. The molecule has 2 aliphatic rings. The summed E-state index contributed by atoms with van der Waals surface area (Å²) < 4.78 is 1.72. The third kappa shape index (κ3) is 2.70. The predicted octanol–water partition coefficient (Wildman–Crippen LogP) is 2.89. The number of hydrogen-bond donors (Lipinski definition) is 0. The van der Waals surface area contributed by atoms with Gasteiger partial charge in [0.05, 0.1) is 17.9 Å². The van der Waals surface area contributed by atoms with Crippen LogP contribution >= 0.6 is 23.2 Å². The van der Waals surface area contributed by atoms with Gasteiger partial charge in [-0.15, -0.1) is 0 Å². The lowest BCUT2D eigenvalue weighted by Crippen LogP contribution is -2.44. The molecular formula is C17H18Cl2N4O. The highest BCUT2D eigenvalue weighted by molar-refractivity contribution is 6.35. The van der Waals surface area contributed by atoms with E-state index in [0.717, 1.165) is 47.8 Å². The molecule has 0 aliphatic carbocycles. The molecule has 24 heavy (non-hydrogen) atoms. The fraction of sp³-hybridized carbons (Fsp3) is 0.412. The fourth-order valence-electron chi connectivity index (χ4n) is 3.70. The second-order valence-corrected chi connectivity index (χ2v) is 7.26. The molecular weight excluding hydrogens is 347 g/mol. The van der Waals surface area contributed by atoms with Crippen LogP contribution in [0.3, 0.4) is 0 Å². The van der Waals surface area contributed by atoms with E-state index < -0.39 is 0 Å². The van der Waals surface area contributed by atoms with Crippen molar-refractivity contribution in [2.75, 3.05) is 18.0 Å². The van der Waals surface area contributed by atoms with Crippen molar-refractivity contribution in [1.82, 2.24) is 14.7 Å². The Morgan fingerprint density at radius 2 is 2.08 bits per heavy atom. The molecule has 0 unspecified atom stereocenters. The minimum atomic E-state index is -0.0869. The van der Waals surface area contributed by atoms with Crippen molar-refractivity contribution < 1.29 is 4.79 Å². The van der Waals surface area contributed by atoms with Crippen LogP contribution in [0.15, 0.2) is 24.5 Å². The lowest BCUT2D eigenvalue weighted by atomic mass is 9.98. The van der Waals surface area contributed by atoms with Crippen molar-refractivity contribution in [3.8, 4) is 0 Å². The first-order valence-corrected chi connectivity index (χ1v) is 8.79. The summed E-state index contributed by atoms with van der Waals surface area (Å²) in [5, 5.41) is 5.54. The number of carbonyl (C=O) groups excluding carboxylic acids is 1. The van der Waals surface area contributed by atoms with Crippen LogP contribution in [0.1, 0.15) is 17.5 Å². The molecule has 126 valence electrons. The summed E-state index contributed by atoms with van der Waals surface area (Å²) in [6.45, 7) is 2.29. The zero-order chi connectivity index (χ0) is 16.8. The standard InChI is InChI=1S/C17H18Cl2N4O/c1-21-10-13(8-20-21)23-5-3-16(17(23)24)22-4-2-14-11(9-22)6-12(18)7-15(14)19/h6-8,10,16H,2-5,9H2,1H3/t16-/m1/s1. The topological polar surface area (TPSA) is 41.4 Å². The van der Waals surface area contributed by atoms with E-state index in [1.807, 2.05) is 24.2 Å². The van der Waals surface area contributed by atoms with Gasteiger partial charge in [0.2, 0.25) is 5.91 Å². The van der Waals surface area contributed by atoms with E-state index in [4.69, 9.17) is 23.2 Å². The number of aryl methyl sites for hydroxylation is 1. The maximum atomic E-state index is 12.9. The monoisotopic (exact) mass is 364 g/mol. The van der Waals surface area contributed by atoms with E-state index in [2.05, 4.69) is 10.00 Å². The van der Waals surface area contributed by atoms with Gasteiger partial charge in [0, 0.05) is 42.9 Å². The Bertz CT molecular complexity index is 804. The molecule has 1 aromatic carbocycles. The normalized spacial score (nSPS) is 21.4. The Kier molecular flexibility index (Phi) is 4.03. The van der Waals surface area contributed by atoms with Crippen molar-refractivity contribution in [2.24, 2.45) is 7.05 Å². The summed E-state index contributed by atoms with van der Waals surface area (Å²) in [5.74, 6) is 0.152. The molecule has 1 amide bonds. The first-order valence-electron chi connectivity index (χ1n) is 8.04. The predicted molar refractivity (Wildman–Crippen MR) is 94.5 cm³/mol. The number of aromatic nitrogens is 2. The van der Waals surface area contributed by atoms with Crippen LogP contribution in [-0.4, -0.2) is 39.7 Å². The molecule has 0 spiro atoms. The molecule has 2 aromatic rings. The van der Waals surface area contributed by atoms with Gasteiger partial charge in [0.1, 0.15) is 0 Å². The number of rotatable bonds is 2. The van der Waals surface area contributed by atoms with Gasteiger partial charge >= 0.3 is 0 Å². The number of benzene rings is 1. The van der Waals surface area contributed by atoms with Gasteiger partial charge in [-0.05, 0) is 36.1 Å². The van der Waals surface area contributed by atoms with E-state index in [1.165, 1.54) is 0 Å². The third-order valence-electron chi connectivity index (χ3n) is 4.90. The first kappa shape index (κ1) is 15.9. The van der Waals surface area contributed by atoms with Crippen LogP contribution in [0.5, 0.6) is 0 Å². The number of hydrogen-bond acceptors (Lipinski definition) is 3. The zero-order valence-corrected chi connectivity index (χ0v) is 14.9. The SMILES string of the molecule is Cn1cc(N2CC[C@@H](N3CCc4c(Cl)cc(Cl)cc4C3)C2=O)cn1. The number of carbonyl (C=O) groups is 1. The highest BCUT2D eigenvalue weighted by Crippen LogP contribution is 2.32. The lowest BCUT2D eigenvalue weighted by Gasteiger charge is -2.33. The largest absolute Gasteiger partial charge is 0.308 e. The molecule has 0 saturated carbocycles. The Hall–Kier alpha value is -1.56. The van der Waals surface area contributed by atoms with E-state index >= 15 is 0 Å². The lowest BCUT2D eigenvalue weighted by molar-refractivity contribution is -0.122. The van der Waals surface area contributed by atoms with Crippen LogP contribution in [0, 0.1) is 0 Å². The Morgan fingerprint density at radius 3 is 2.83 bits per heavy atom. The summed E-state index contributed by atoms with van der Waals surface area (Å²) in [6.07, 6.45) is 5.30. The van der Waals surface area contributed by atoms with Gasteiger partial charge in [-0.25, -0.2) is 0 Å². The van der Waals surface area contributed by atoms with Crippen molar-refractivity contribution in [1.29, 1.82) is 0 Å². The van der Waals surface area contributed by atoms with Crippen LogP contribution in [0.25, 0.3) is 0 Å². The van der Waals surface area contributed by atoms with E-state index in [0.29, 0.717) is 11.6 Å². The van der Waals surface area contributed by atoms with Crippen molar-refractivity contribution >= 4 is 34.8 Å². The molecule has 0 radical (unpaired) electrons. The van der Waals surface area contributed by atoms with Crippen LogP contribution in [0.4, 0.5) is 5.69 Å². The molecule has 1 aromatic heterocycles. The van der Waals surface area contributed by atoms with Gasteiger partial charge in [-0.3, -0.25) is 14.4 Å². The second-order valence-electron chi connectivity index (χ2n) is 6.41. The number of fused-ring (bicyclic) bond motifs is 1. The number of anilines is 1. The van der Waals surface area contributed by atoms with E-state index in [9.17, 15) is 4.79 Å². The quantitative estimate of drug-likeness (QED) is 0.822. The minimum absolute atomic E-state index is 0.0869. The molecule has 3 heterocycles. The van der Waals surface area contributed by atoms with Crippen molar-refractivity contribution in [3.63, 3.8) is 0 Å². The molecule has 0 bridgehead atoms. The second kappa shape index (κ2) is 6.06. The summed E-state index contributed by atoms with van der Waals surface area (Å²) >= 11 is 12.4. The Morgan fingerprint density at radius 1 is 1.25 bits per heavy atom. The average Bonchev–Trinajstić information content (AvgIpc) is 3.12.